The Bertz CT molecular complexity index is 341. The van der Waals surface area contributed by atoms with Gasteiger partial charge in [0, 0.05) is 18.0 Å². The molecule has 0 aromatic carbocycles. The average Bonchev–Trinajstić information content (AvgIpc) is 2.74. The smallest absolute Gasteiger partial charge is 0.0960 e. The van der Waals surface area contributed by atoms with Crippen molar-refractivity contribution in [2.75, 3.05) is 19.7 Å². The van der Waals surface area contributed by atoms with E-state index in [1.54, 1.807) is 10.4 Å². The summed E-state index contributed by atoms with van der Waals surface area (Å²) in [5.41, 5.74) is 3.09. The molecule has 2 aliphatic rings. The summed E-state index contributed by atoms with van der Waals surface area (Å²) in [5, 5.41) is 5.74. The zero-order valence-electron chi connectivity index (χ0n) is 8.92. The quantitative estimate of drug-likeness (QED) is 0.788. The van der Waals surface area contributed by atoms with Gasteiger partial charge in [-0.15, -0.1) is 11.3 Å². The average molecular weight is 223 g/mol. The summed E-state index contributed by atoms with van der Waals surface area (Å²) in [6.07, 6.45) is 5.61. The maximum Gasteiger partial charge on any atom is 0.0960 e. The minimum atomic E-state index is 0.317. The second kappa shape index (κ2) is 4.24. The summed E-state index contributed by atoms with van der Waals surface area (Å²) in [6, 6.07) is 0. The lowest BCUT2D eigenvalue weighted by molar-refractivity contribution is 0.0273. The van der Waals surface area contributed by atoms with Crippen LogP contribution in [0.3, 0.4) is 0 Å². The highest BCUT2D eigenvalue weighted by molar-refractivity contribution is 7.10. The van der Waals surface area contributed by atoms with Gasteiger partial charge >= 0.3 is 0 Å². The SMILES string of the molecule is c1sc2c(c1C1CNCCO1)CCCC2. The Morgan fingerprint density at radius 1 is 1.33 bits per heavy atom. The molecular formula is C12H17NOS. The fourth-order valence-corrected chi connectivity index (χ4v) is 3.74. The molecule has 3 rings (SSSR count). The minimum Gasteiger partial charge on any atom is -0.371 e. The van der Waals surface area contributed by atoms with E-state index >= 15 is 0 Å². The third-order valence-corrected chi connectivity index (χ3v) is 4.48. The summed E-state index contributed by atoms with van der Waals surface area (Å²) < 4.78 is 5.83. The molecule has 0 bridgehead atoms. The van der Waals surface area contributed by atoms with Crippen molar-refractivity contribution in [3.05, 3.63) is 21.4 Å². The van der Waals surface area contributed by atoms with E-state index in [1.165, 1.54) is 31.2 Å². The monoisotopic (exact) mass is 223 g/mol. The standard InChI is InChI=1S/C12H17NOS/c1-2-4-12-9(3-1)10(8-15-12)11-7-13-5-6-14-11/h8,11,13H,1-7H2. The van der Waals surface area contributed by atoms with E-state index in [2.05, 4.69) is 10.7 Å². The van der Waals surface area contributed by atoms with Crippen LogP contribution in [0.5, 0.6) is 0 Å². The molecule has 2 heterocycles. The van der Waals surface area contributed by atoms with Crippen LogP contribution in [0.4, 0.5) is 0 Å². The zero-order chi connectivity index (χ0) is 10.1. The molecular weight excluding hydrogens is 206 g/mol. The van der Waals surface area contributed by atoms with E-state index in [4.69, 9.17) is 4.74 Å². The molecule has 1 aromatic heterocycles. The van der Waals surface area contributed by atoms with Crippen molar-refractivity contribution in [2.24, 2.45) is 0 Å². The Balaban J connectivity index is 1.87. The van der Waals surface area contributed by atoms with Gasteiger partial charge in [0.15, 0.2) is 0 Å². The number of ether oxygens (including phenoxy) is 1. The van der Waals surface area contributed by atoms with Crippen molar-refractivity contribution in [1.29, 1.82) is 0 Å². The number of thiophene rings is 1. The first-order chi connectivity index (χ1) is 7.45. The van der Waals surface area contributed by atoms with Crippen molar-refractivity contribution < 1.29 is 4.74 Å². The molecule has 82 valence electrons. The number of morpholine rings is 1. The summed E-state index contributed by atoms with van der Waals surface area (Å²) in [6.45, 7) is 2.85. The Kier molecular flexibility index (Phi) is 2.77. The first-order valence-electron chi connectivity index (χ1n) is 5.86. The lowest BCUT2D eigenvalue weighted by Gasteiger charge is -2.25. The Morgan fingerprint density at radius 2 is 2.27 bits per heavy atom. The van der Waals surface area contributed by atoms with Gasteiger partial charge in [-0.2, -0.15) is 0 Å². The van der Waals surface area contributed by atoms with Gasteiger partial charge in [-0.05, 0) is 42.2 Å². The molecule has 1 aromatic rings. The van der Waals surface area contributed by atoms with Crippen LogP contribution in [-0.2, 0) is 17.6 Å². The van der Waals surface area contributed by atoms with Crippen LogP contribution in [0.25, 0.3) is 0 Å². The number of aryl methyl sites for hydroxylation is 1. The van der Waals surface area contributed by atoms with E-state index in [0.717, 1.165) is 19.7 Å². The number of hydrogen-bond donors (Lipinski definition) is 1. The van der Waals surface area contributed by atoms with Crippen molar-refractivity contribution in [2.45, 2.75) is 31.8 Å². The molecule has 1 aliphatic carbocycles. The van der Waals surface area contributed by atoms with Crippen LogP contribution in [0, 0.1) is 0 Å². The molecule has 0 amide bonds. The zero-order valence-corrected chi connectivity index (χ0v) is 9.74. The Morgan fingerprint density at radius 3 is 3.13 bits per heavy atom. The second-order valence-electron chi connectivity index (χ2n) is 4.36. The van der Waals surface area contributed by atoms with Crippen LogP contribution in [0.2, 0.25) is 0 Å². The molecule has 15 heavy (non-hydrogen) atoms. The van der Waals surface area contributed by atoms with Gasteiger partial charge in [-0.3, -0.25) is 0 Å². The Labute approximate surface area is 94.6 Å². The lowest BCUT2D eigenvalue weighted by atomic mass is 9.93. The van der Waals surface area contributed by atoms with Crippen LogP contribution in [0.1, 0.15) is 34.9 Å². The van der Waals surface area contributed by atoms with Crippen molar-refractivity contribution in [3.8, 4) is 0 Å². The highest BCUT2D eigenvalue weighted by atomic mass is 32.1. The van der Waals surface area contributed by atoms with Crippen molar-refractivity contribution >= 4 is 11.3 Å². The summed E-state index contributed by atoms with van der Waals surface area (Å²) in [5.74, 6) is 0. The highest BCUT2D eigenvalue weighted by Crippen LogP contribution is 2.35. The number of rotatable bonds is 1. The molecule has 1 atom stereocenters. The van der Waals surface area contributed by atoms with E-state index in [0.29, 0.717) is 6.10 Å². The van der Waals surface area contributed by atoms with Gasteiger partial charge in [0.05, 0.1) is 12.7 Å². The van der Waals surface area contributed by atoms with Crippen molar-refractivity contribution in [3.63, 3.8) is 0 Å². The fourth-order valence-electron chi connectivity index (χ4n) is 2.55. The number of fused-ring (bicyclic) bond motifs is 1. The summed E-state index contributed by atoms with van der Waals surface area (Å²) in [7, 11) is 0. The predicted molar refractivity (Wildman–Crippen MR) is 62.5 cm³/mol. The molecule has 0 radical (unpaired) electrons. The molecule has 1 fully saturated rings. The molecule has 3 heteroatoms. The first-order valence-corrected chi connectivity index (χ1v) is 6.74. The van der Waals surface area contributed by atoms with E-state index in [9.17, 15) is 0 Å². The third-order valence-electron chi connectivity index (χ3n) is 3.37. The van der Waals surface area contributed by atoms with Crippen LogP contribution >= 0.6 is 11.3 Å². The largest absolute Gasteiger partial charge is 0.371 e. The topological polar surface area (TPSA) is 21.3 Å². The molecule has 1 unspecified atom stereocenters. The molecule has 1 saturated heterocycles. The summed E-state index contributed by atoms with van der Waals surface area (Å²) >= 11 is 1.94. The first kappa shape index (κ1) is 9.82. The van der Waals surface area contributed by atoms with Crippen LogP contribution in [0.15, 0.2) is 5.38 Å². The normalized spacial score (nSPS) is 26.3. The predicted octanol–water partition coefficient (Wildman–Crippen LogP) is 2.29. The number of hydrogen-bond acceptors (Lipinski definition) is 3. The fraction of sp³-hybridized carbons (Fsp3) is 0.667. The molecule has 0 spiro atoms. The summed E-state index contributed by atoms with van der Waals surface area (Å²) in [4.78, 5) is 1.62. The van der Waals surface area contributed by atoms with Gasteiger partial charge < -0.3 is 10.1 Å². The molecule has 1 N–H and O–H groups in total. The van der Waals surface area contributed by atoms with Crippen molar-refractivity contribution in [1.82, 2.24) is 5.32 Å². The maximum atomic E-state index is 5.83. The lowest BCUT2D eigenvalue weighted by Crippen LogP contribution is -2.33. The molecule has 1 aliphatic heterocycles. The van der Waals surface area contributed by atoms with E-state index in [-0.39, 0.29) is 0 Å². The van der Waals surface area contributed by atoms with Crippen LogP contribution < -0.4 is 5.32 Å². The maximum absolute atomic E-state index is 5.83. The van der Waals surface area contributed by atoms with E-state index in [1.807, 2.05) is 11.3 Å². The molecule has 0 saturated carbocycles. The van der Waals surface area contributed by atoms with Gasteiger partial charge in [-0.25, -0.2) is 0 Å². The van der Waals surface area contributed by atoms with Gasteiger partial charge in [0.25, 0.3) is 0 Å². The number of nitrogens with one attached hydrogen (secondary N) is 1. The highest BCUT2D eigenvalue weighted by Gasteiger charge is 2.23. The van der Waals surface area contributed by atoms with Crippen LogP contribution in [-0.4, -0.2) is 19.7 Å². The third kappa shape index (κ3) is 1.84. The van der Waals surface area contributed by atoms with Gasteiger partial charge in [0.1, 0.15) is 0 Å². The van der Waals surface area contributed by atoms with Gasteiger partial charge in [-0.1, -0.05) is 0 Å². The molecule has 2 nitrogen and oxygen atoms in total. The Hall–Kier alpha value is -0.380. The van der Waals surface area contributed by atoms with E-state index < -0.39 is 0 Å². The minimum absolute atomic E-state index is 0.317. The second-order valence-corrected chi connectivity index (χ2v) is 5.33. The van der Waals surface area contributed by atoms with Gasteiger partial charge in [0.2, 0.25) is 0 Å².